The molecule has 0 bridgehead atoms. The Kier molecular flexibility index (Phi) is 10.6. The summed E-state index contributed by atoms with van der Waals surface area (Å²) < 4.78 is 82.0. The van der Waals surface area contributed by atoms with Gasteiger partial charge in [-0.05, 0) is 0 Å². The molecule has 2 aromatic heterocycles. The number of amides is 1. The fourth-order valence-corrected chi connectivity index (χ4v) is 3.28. The molecule has 0 aliphatic carbocycles. The van der Waals surface area contributed by atoms with Crippen molar-refractivity contribution in [1.29, 1.82) is 0 Å². The molecule has 37 heavy (non-hydrogen) atoms. The van der Waals surface area contributed by atoms with Crippen molar-refractivity contribution < 1.29 is 35.9 Å². The van der Waals surface area contributed by atoms with Crippen LogP contribution in [0.3, 0.4) is 0 Å². The number of carbonyl (C=O) groups is 1. The van der Waals surface area contributed by atoms with Gasteiger partial charge < -0.3 is 19.9 Å². The first-order valence-corrected chi connectivity index (χ1v) is 11.4. The highest BCUT2D eigenvalue weighted by molar-refractivity contribution is 5.76. The molecule has 2 N–H and O–H groups in total. The molecule has 0 radical (unpaired) electrons. The fourth-order valence-electron chi connectivity index (χ4n) is 3.28. The molecular weight excluding hydrogens is 512 g/mol. The third-order valence-electron chi connectivity index (χ3n) is 5.04. The summed E-state index contributed by atoms with van der Waals surface area (Å²) >= 11 is 0. The smallest absolute Gasteiger partial charge is 0.381 e. The predicted molar refractivity (Wildman–Crippen MR) is 121 cm³/mol. The first kappa shape index (κ1) is 29.8. The molecule has 0 saturated carbocycles. The minimum atomic E-state index is -4.85. The van der Waals surface area contributed by atoms with E-state index < -0.39 is 34.7 Å². The van der Waals surface area contributed by atoms with Crippen LogP contribution in [0, 0.1) is 0 Å². The molecular formula is C21H27F6N7O3. The van der Waals surface area contributed by atoms with E-state index in [9.17, 15) is 35.9 Å². The molecule has 0 unspecified atom stereocenters. The Morgan fingerprint density at radius 1 is 1.00 bits per heavy atom. The zero-order chi connectivity index (χ0) is 27.6. The Labute approximate surface area is 208 Å². The van der Waals surface area contributed by atoms with Crippen LogP contribution in [0.1, 0.15) is 31.4 Å². The van der Waals surface area contributed by atoms with Gasteiger partial charge in [-0.2, -0.15) is 31.4 Å². The number of anilines is 2. The number of alkyl halides is 6. The SMILES string of the molecule is CC.O=C(CCOCCNc1cn[nH]c(=O)c1C(F)(F)F)N1CCN(c2ncc(C(F)(F)F)cn2)CC1. The lowest BCUT2D eigenvalue weighted by Gasteiger charge is -2.34. The van der Waals surface area contributed by atoms with E-state index in [4.69, 9.17) is 4.74 Å². The number of hydrogen-bond donors (Lipinski definition) is 2. The highest BCUT2D eigenvalue weighted by atomic mass is 19.4. The molecule has 1 fully saturated rings. The standard InChI is InChI=1S/C19H21F6N7O3.C2H6/c20-18(21,22)12-9-27-17(28-10-12)32-5-3-31(4-6-32)14(33)1-7-35-8-2-26-13-11-29-30-16(34)15(13)19(23,24)25;1-2/h9-11H,1-8H2,(H2,26,30,34);1-2H3. The van der Waals surface area contributed by atoms with Crippen LogP contribution >= 0.6 is 0 Å². The molecule has 1 aliphatic rings. The van der Waals surface area contributed by atoms with Crippen molar-refractivity contribution in [2.45, 2.75) is 32.6 Å². The first-order chi connectivity index (χ1) is 17.5. The molecule has 2 aromatic rings. The summed E-state index contributed by atoms with van der Waals surface area (Å²) in [4.78, 5) is 34.4. The normalized spacial score (nSPS) is 14.2. The van der Waals surface area contributed by atoms with E-state index in [1.807, 2.05) is 13.8 Å². The molecule has 206 valence electrons. The minimum Gasteiger partial charge on any atom is -0.381 e. The number of H-pyrrole nitrogens is 1. The van der Waals surface area contributed by atoms with Crippen LogP contribution in [0.25, 0.3) is 0 Å². The third kappa shape index (κ3) is 8.58. The van der Waals surface area contributed by atoms with Crippen molar-refractivity contribution in [3.63, 3.8) is 0 Å². The Hall–Kier alpha value is -3.43. The largest absolute Gasteiger partial charge is 0.423 e. The van der Waals surface area contributed by atoms with Crippen LogP contribution in [0.4, 0.5) is 38.0 Å². The molecule has 3 rings (SSSR count). The van der Waals surface area contributed by atoms with Gasteiger partial charge in [0.1, 0.15) is 5.56 Å². The maximum atomic E-state index is 13.0. The Morgan fingerprint density at radius 2 is 1.62 bits per heavy atom. The summed E-state index contributed by atoms with van der Waals surface area (Å²) in [6.45, 7) is 5.29. The number of rotatable bonds is 8. The summed E-state index contributed by atoms with van der Waals surface area (Å²) in [7, 11) is 0. The summed E-state index contributed by atoms with van der Waals surface area (Å²) in [5.41, 5.74) is -4.17. The summed E-state index contributed by atoms with van der Waals surface area (Å²) in [5.74, 6) is -0.0608. The van der Waals surface area contributed by atoms with Gasteiger partial charge in [0, 0.05) is 45.1 Å². The summed E-state index contributed by atoms with van der Waals surface area (Å²) in [6, 6.07) is 0. The molecule has 1 aliphatic heterocycles. The summed E-state index contributed by atoms with van der Waals surface area (Å²) in [6.07, 6.45) is -7.06. The van der Waals surface area contributed by atoms with E-state index in [1.54, 1.807) is 14.9 Å². The van der Waals surface area contributed by atoms with Crippen molar-refractivity contribution in [2.75, 3.05) is 56.2 Å². The Morgan fingerprint density at radius 3 is 2.19 bits per heavy atom. The van der Waals surface area contributed by atoms with Gasteiger partial charge >= 0.3 is 12.4 Å². The van der Waals surface area contributed by atoms with E-state index in [-0.39, 0.29) is 38.0 Å². The topological polar surface area (TPSA) is 116 Å². The highest BCUT2D eigenvalue weighted by Crippen LogP contribution is 2.31. The fraction of sp³-hybridized carbons (Fsp3) is 0.571. The van der Waals surface area contributed by atoms with Gasteiger partial charge in [-0.3, -0.25) is 9.59 Å². The molecule has 10 nitrogen and oxygen atoms in total. The van der Waals surface area contributed by atoms with Gasteiger partial charge in [-0.15, -0.1) is 0 Å². The number of aromatic amines is 1. The van der Waals surface area contributed by atoms with Gasteiger partial charge in [0.15, 0.2) is 0 Å². The van der Waals surface area contributed by atoms with Crippen LogP contribution in [-0.4, -0.2) is 76.9 Å². The molecule has 16 heteroatoms. The van der Waals surface area contributed by atoms with Gasteiger partial charge in [0.2, 0.25) is 11.9 Å². The molecule has 0 spiro atoms. The second-order valence-corrected chi connectivity index (χ2v) is 7.41. The number of carbonyl (C=O) groups excluding carboxylic acids is 1. The van der Waals surface area contributed by atoms with E-state index in [2.05, 4.69) is 20.4 Å². The number of aromatic nitrogens is 4. The lowest BCUT2D eigenvalue weighted by molar-refractivity contribution is -0.139. The molecule has 3 heterocycles. The van der Waals surface area contributed by atoms with Crippen LogP contribution in [0.5, 0.6) is 0 Å². The average Bonchev–Trinajstić information content (AvgIpc) is 2.86. The van der Waals surface area contributed by atoms with Crippen molar-refractivity contribution in [3.8, 4) is 0 Å². The zero-order valence-electron chi connectivity index (χ0n) is 20.1. The van der Waals surface area contributed by atoms with Crippen molar-refractivity contribution in [1.82, 2.24) is 25.1 Å². The van der Waals surface area contributed by atoms with Gasteiger partial charge in [-0.1, -0.05) is 13.8 Å². The van der Waals surface area contributed by atoms with E-state index in [0.717, 1.165) is 6.20 Å². The van der Waals surface area contributed by atoms with Crippen molar-refractivity contribution in [3.05, 3.63) is 40.1 Å². The average molecular weight is 539 g/mol. The molecule has 1 saturated heterocycles. The maximum Gasteiger partial charge on any atom is 0.423 e. The van der Waals surface area contributed by atoms with Crippen LogP contribution in [-0.2, 0) is 21.9 Å². The minimum absolute atomic E-state index is 0.0174. The van der Waals surface area contributed by atoms with Gasteiger partial charge in [-0.25, -0.2) is 15.1 Å². The van der Waals surface area contributed by atoms with Gasteiger partial charge in [0.25, 0.3) is 5.56 Å². The Balaban J connectivity index is 0.00000235. The number of nitrogens with zero attached hydrogens (tertiary/aromatic N) is 5. The van der Waals surface area contributed by atoms with E-state index in [1.165, 1.54) is 0 Å². The van der Waals surface area contributed by atoms with E-state index >= 15 is 0 Å². The van der Waals surface area contributed by atoms with Crippen LogP contribution in [0.2, 0.25) is 0 Å². The second-order valence-electron chi connectivity index (χ2n) is 7.41. The number of halogens is 6. The highest BCUT2D eigenvalue weighted by Gasteiger charge is 2.37. The van der Waals surface area contributed by atoms with E-state index in [0.29, 0.717) is 38.6 Å². The van der Waals surface area contributed by atoms with Crippen LogP contribution in [0.15, 0.2) is 23.4 Å². The zero-order valence-corrected chi connectivity index (χ0v) is 20.1. The monoisotopic (exact) mass is 539 g/mol. The summed E-state index contributed by atoms with van der Waals surface area (Å²) in [5, 5.41) is 7.51. The predicted octanol–water partition coefficient (Wildman–Crippen LogP) is 2.79. The lowest BCUT2D eigenvalue weighted by atomic mass is 10.2. The number of nitrogens with one attached hydrogen (secondary N) is 2. The Bertz CT molecular complexity index is 1050. The first-order valence-electron chi connectivity index (χ1n) is 11.4. The number of ether oxygens (including phenoxy) is 1. The third-order valence-corrected chi connectivity index (χ3v) is 5.04. The maximum absolute atomic E-state index is 13.0. The molecule has 0 aromatic carbocycles. The van der Waals surface area contributed by atoms with Gasteiger partial charge in [0.05, 0.1) is 37.1 Å². The second kappa shape index (κ2) is 13.2. The van der Waals surface area contributed by atoms with Crippen LogP contribution < -0.4 is 15.8 Å². The number of piperazine rings is 1. The molecule has 0 atom stereocenters. The van der Waals surface area contributed by atoms with Crippen molar-refractivity contribution in [2.24, 2.45) is 0 Å². The molecule has 1 amide bonds. The van der Waals surface area contributed by atoms with Crippen molar-refractivity contribution >= 4 is 17.5 Å². The quantitative estimate of drug-likeness (QED) is 0.389. The lowest BCUT2D eigenvalue weighted by Crippen LogP contribution is -2.49. The number of hydrogen-bond acceptors (Lipinski definition) is 8.